The molecular formula is C16H22O4. The van der Waals surface area contributed by atoms with Gasteiger partial charge in [0, 0.05) is 17.6 Å². The Bertz CT molecular complexity index is 491. The Kier molecular flexibility index (Phi) is 6.10. The smallest absolute Gasteiger partial charge is 0.330 e. The zero-order chi connectivity index (χ0) is 15.1. The average Bonchev–Trinajstić information content (AvgIpc) is 2.44. The molecule has 0 spiro atoms. The number of carbonyl (C=O) groups excluding carboxylic acids is 1. The number of methoxy groups -OCH3 is 2. The van der Waals surface area contributed by atoms with Gasteiger partial charge in [0.25, 0.3) is 0 Å². The maximum atomic E-state index is 11.3. The van der Waals surface area contributed by atoms with E-state index in [1.54, 1.807) is 27.2 Å². The Hall–Kier alpha value is -1.97. The van der Waals surface area contributed by atoms with Gasteiger partial charge in [0.2, 0.25) is 0 Å². The van der Waals surface area contributed by atoms with E-state index in [-0.39, 0.29) is 11.9 Å². The van der Waals surface area contributed by atoms with Crippen LogP contribution in [-0.4, -0.2) is 26.8 Å². The van der Waals surface area contributed by atoms with Crippen molar-refractivity contribution < 1.29 is 19.0 Å². The molecule has 4 heteroatoms. The van der Waals surface area contributed by atoms with Crippen molar-refractivity contribution in [2.75, 3.05) is 20.8 Å². The van der Waals surface area contributed by atoms with E-state index < -0.39 is 0 Å². The number of allylic oxidation sites excluding steroid dienone is 1. The summed E-state index contributed by atoms with van der Waals surface area (Å²) >= 11 is 0. The Morgan fingerprint density at radius 1 is 1.25 bits per heavy atom. The molecule has 0 unspecified atom stereocenters. The molecule has 0 amide bonds. The average molecular weight is 278 g/mol. The van der Waals surface area contributed by atoms with Crippen LogP contribution >= 0.6 is 0 Å². The highest BCUT2D eigenvalue weighted by Gasteiger charge is 2.16. The standard InChI is InChI=1S/C16H22O4/c1-6-20-14(17)10-8-11(2)13-9-7-12(3)15(18-4)16(13)19-5/h7-11H,6H2,1-5H3/b10-8+/t11-/m1/s1. The van der Waals surface area contributed by atoms with Crippen molar-refractivity contribution in [2.24, 2.45) is 0 Å². The molecule has 1 aromatic carbocycles. The largest absolute Gasteiger partial charge is 0.493 e. The molecule has 0 aliphatic heterocycles. The Morgan fingerprint density at radius 2 is 1.90 bits per heavy atom. The van der Waals surface area contributed by atoms with E-state index >= 15 is 0 Å². The van der Waals surface area contributed by atoms with E-state index in [2.05, 4.69) is 0 Å². The van der Waals surface area contributed by atoms with Gasteiger partial charge < -0.3 is 14.2 Å². The first-order chi connectivity index (χ1) is 9.54. The van der Waals surface area contributed by atoms with Crippen molar-refractivity contribution in [1.29, 1.82) is 0 Å². The first-order valence-electron chi connectivity index (χ1n) is 6.61. The highest BCUT2D eigenvalue weighted by Crippen LogP contribution is 2.38. The van der Waals surface area contributed by atoms with E-state index in [0.717, 1.165) is 16.9 Å². The summed E-state index contributed by atoms with van der Waals surface area (Å²) in [5.41, 5.74) is 1.98. The van der Waals surface area contributed by atoms with Crippen LogP contribution < -0.4 is 9.47 Å². The van der Waals surface area contributed by atoms with E-state index in [4.69, 9.17) is 14.2 Å². The molecule has 0 fully saturated rings. The van der Waals surface area contributed by atoms with E-state index in [0.29, 0.717) is 12.4 Å². The third-order valence-electron chi connectivity index (χ3n) is 3.05. The quantitative estimate of drug-likeness (QED) is 0.592. The number of esters is 1. The third kappa shape index (κ3) is 3.76. The van der Waals surface area contributed by atoms with Gasteiger partial charge in [-0.3, -0.25) is 0 Å². The van der Waals surface area contributed by atoms with Crippen molar-refractivity contribution >= 4 is 5.97 Å². The van der Waals surface area contributed by atoms with Crippen molar-refractivity contribution in [3.8, 4) is 11.5 Å². The monoisotopic (exact) mass is 278 g/mol. The van der Waals surface area contributed by atoms with Crippen LogP contribution in [0.25, 0.3) is 0 Å². The predicted octanol–water partition coefficient (Wildman–Crippen LogP) is 3.24. The fourth-order valence-corrected chi connectivity index (χ4v) is 2.02. The second-order valence-corrected chi connectivity index (χ2v) is 4.44. The van der Waals surface area contributed by atoms with Crippen LogP contribution in [0.3, 0.4) is 0 Å². The van der Waals surface area contributed by atoms with Crippen LogP contribution in [0.2, 0.25) is 0 Å². The number of ether oxygens (including phenoxy) is 3. The van der Waals surface area contributed by atoms with E-state index in [1.807, 2.05) is 26.0 Å². The number of hydrogen-bond acceptors (Lipinski definition) is 4. The zero-order valence-corrected chi connectivity index (χ0v) is 12.7. The summed E-state index contributed by atoms with van der Waals surface area (Å²) in [5.74, 6) is 1.11. The van der Waals surface area contributed by atoms with Crippen LogP contribution in [0.1, 0.15) is 30.9 Å². The van der Waals surface area contributed by atoms with Gasteiger partial charge in [-0.05, 0) is 19.4 Å². The molecule has 4 nitrogen and oxygen atoms in total. The lowest BCUT2D eigenvalue weighted by Gasteiger charge is -2.17. The van der Waals surface area contributed by atoms with E-state index in [9.17, 15) is 4.79 Å². The number of carbonyl (C=O) groups is 1. The topological polar surface area (TPSA) is 44.8 Å². The van der Waals surface area contributed by atoms with Gasteiger partial charge in [-0.2, -0.15) is 0 Å². The van der Waals surface area contributed by atoms with Crippen LogP contribution in [0.5, 0.6) is 11.5 Å². The van der Waals surface area contributed by atoms with Gasteiger partial charge in [-0.25, -0.2) is 4.79 Å². The molecule has 0 aliphatic carbocycles. The molecule has 0 aromatic heterocycles. The molecule has 0 saturated carbocycles. The molecule has 1 aromatic rings. The van der Waals surface area contributed by atoms with E-state index in [1.165, 1.54) is 6.08 Å². The van der Waals surface area contributed by atoms with Gasteiger partial charge in [-0.15, -0.1) is 0 Å². The maximum absolute atomic E-state index is 11.3. The van der Waals surface area contributed by atoms with Gasteiger partial charge >= 0.3 is 5.97 Å². The molecule has 0 bridgehead atoms. The minimum absolute atomic E-state index is 0.0175. The number of hydrogen-bond donors (Lipinski definition) is 0. The highest BCUT2D eigenvalue weighted by molar-refractivity contribution is 5.82. The van der Waals surface area contributed by atoms with Crippen LogP contribution in [0.4, 0.5) is 0 Å². The fourth-order valence-electron chi connectivity index (χ4n) is 2.02. The molecular weight excluding hydrogens is 256 g/mol. The Balaban J connectivity index is 3.04. The third-order valence-corrected chi connectivity index (χ3v) is 3.05. The number of rotatable bonds is 6. The lowest BCUT2D eigenvalue weighted by molar-refractivity contribution is -0.137. The van der Waals surface area contributed by atoms with Crippen molar-refractivity contribution in [2.45, 2.75) is 26.7 Å². The minimum Gasteiger partial charge on any atom is -0.493 e. The molecule has 1 rings (SSSR count). The summed E-state index contributed by atoms with van der Waals surface area (Å²) in [5, 5.41) is 0. The summed E-state index contributed by atoms with van der Waals surface area (Å²) in [6, 6.07) is 3.96. The Labute approximate surface area is 120 Å². The van der Waals surface area contributed by atoms with Crippen LogP contribution in [0, 0.1) is 6.92 Å². The van der Waals surface area contributed by atoms with Crippen molar-refractivity contribution in [3.63, 3.8) is 0 Å². The summed E-state index contributed by atoms with van der Waals surface area (Å²) in [7, 11) is 3.23. The van der Waals surface area contributed by atoms with Crippen LogP contribution in [-0.2, 0) is 9.53 Å². The molecule has 0 aliphatic rings. The van der Waals surface area contributed by atoms with Gasteiger partial charge in [0.1, 0.15) is 0 Å². The predicted molar refractivity (Wildman–Crippen MR) is 78.5 cm³/mol. The normalized spacial score (nSPS) is 12.2. The zero-order valence-electron chi connectivity index (χ0n) is 12.7. The molecule has 1 atom stereocenters. The van der Waals surface area contributed by atoms with Crippen molar-refractivity contribution in [3.05, 3.63) is 35.4 Å². The first-order valence-corrected chi connectivity index (χ1v) is 6.61. The molecule has 0 radical (unpaired) electrons. The van der Waals surface area contributed by atoms with Gasteiger partial charge in [0.05, 0.1) is 20.8 Å². The fraction of sp³-hybridized carbons (Fsp3) is 0.438. The van der Waals surface area contributed by atoms with Crippen molar-refractivity contribution in [1.82, 2.24) is 0 Å². The second kappa shape index (κ2) is 7.58. The number of benzene rings is 1. The SMILES string of the molecule is CCOC(=O)/C=C/[C@@H](C)c1ccc(C)c(OC)c1OC. The Morgan fingerprint density at radius 3 is 2.45 bits per heavy atom. The lowest BCUT2D eigenvalue weighted by atomic mass is 9.97. The highest BCUT2D eigenvalue weighted by atomic mass is 16.5. The number of aryl methyl sites for hydroxylation is 1. The lowest BCUT2D eigenvalue weighted by Crippen LogP contribution is -2.02. The minimum atomic E-state index is -0.336. The van der Waals surface area contributed by atoms with Gasteiger partial charge in [0.15, 0.2) is 11.5 Å². The molecule has 20 heavy (non-hydrogen) atoms. The van der Waals surface area contributed by atoms with Crippen LogP contribution in [0.15, 0.2) is 24.3 Å². The summed E-state index contributed by atoms with van der Waals surface area (Å²) in [4.78, 5) is 11.3. The van der Waals surface area contributed by atoms with Gasteiger partial charge in [-0.1, -0.05) is 25.1 Å². The molecule has 0 N–H and O–H groups in total. The summed E-state index contributed by atoms with van der Waals surface area (Å²) in [6.45, 7) is 6.11. The first kappa shape index (κ1) is 16.1. The molecule has 0 heterocycles. The summed E-state index contributed by atoms with van der Waals surface area (Å²) in [6.07, 6.45) is 3.24. The molecule has 110 valence electrons. The second-order valence-electron chi connectivity index (χ2n) is 4.44. The molecule has 0 saturated heterocycles. The summed E-state index contributed by atoms with van der Waals surface area (Å²) < 4.78 is 15.7. The maximum Gasteiger partial charge on any atom is 0.330 e.